The number of hydrogen-bond acceptors (Lipinski definition) is 5. The number of hydrogen-bond donors (Lipinski definition) is 0. The second kappa shape index (κ2) is 6.65. The van der Waals surface area contributed by atoms with Crippen LogP contribution in [0.15, 0.2) is 30.9 Å². The van der Waals surface area contributed by atoms with Crippen molar-refractivity contribution < 1.29 is 9.53 Å². The number of aryl methyl sites for hydroxylation is 1. The van der Waals surface area contributed by atoms with Crippen molar-refractivity contribution in [1.82, 2.24) is 24.6 Å². The molecule has 1 amide bonds. The maximum absolute atomic E-state index is 12.6. The van der Waals surface area contributed by atoms with Crippen LogP contribution in [0.3, 0.4) is 0 Å². The third kappa shape index (κ3) is 3.14. The smallest absolute Gasteiger partial charge is 0.274 e. The minimum Gasteiger partial charge on any atom is -0.368 e. The van der Waals surface area contributed by atoms with E-state index < -0.39 is 0 Å². The van der Waals surface area contributed by atoms with Crippen LogP contribution >= 0.6 is 0 Å². The summed E-state index contributed by atoms with van der Waals surface area (Å²) in [5.41, 5.74) is 1.23. The molecule has 1 aliphatic heterocycles. The number of rotatable bonds is 4. The van der Waals surface area contributed by atoms with E-state index in [1.165, 1.54) is 0 Å². The van der Waals surface area contributed by atoms with E-state index >= 15 is 0 Å². The number of nitrogens with zero attached hydrogens (tertiary/aromatic N) is 5. The van der Waals surface area contributed by atoms with Gasteiger partial charge in [0.25, 0.3) is 5.91 Å². The van der Waals surface area contributed by atoms with Crippen molar-refractivity contribution in [3.63, 3.8) is 0 Å². The SMILES string of the molecule is CCCn1ccc(C(=O)N2CCO[C@@H](c3cnccn3)C2)n1. The molecule has 0 bridgehead atoms. The van der Waals surface area contributed by atoms with Crippen LogP contribution in [0, 0.1) is 0 Å². The molecule has 7 nitrogen and oxygen atoms in total. The van der Waals surface area contributed by atoms with Crippen LogP contribution in [0.25, 0.3) is 0 Å². The van der Waals surface area contributed by atoms with Crippen LogP contribution < -0.4 is 0 Å². The molecule has 3 heterocycles. The summed E-state index contributed by atoms with van der Waals surface area (Å²) < 4.78 is 7.50. The third-order valence-corrected chi connectivity index (χ3v) is 3.58. The van der Waals surface area contributed by atoms with Gasteiger partial charge in [-0.15, -0.1) is 0 Å². The first-order valence-electron chi connectivity index (χ1n) is 7.48. The molecule has 0 unspecified atom stereocenters. The molecule has 0 spiro atoms. The number of carbonyl (C=O) groups is 1. The van der Waals surface area contributed by atoms with Gasteiger partial charge in [-0.1, -0.05) is 6.92 Å². The molecule has 7 heteroatoms. The number of ether oxygens (including phenoxy) is 1. The number of amides is 1. The number of aromatic nitrogens is 4. The second-order valence-electron chi connectivity index (χ2n) is 5.20. The Labute approximate surface area is 128 Å². The second-order valence-corrected chi connectivity index (χ2v) is 5.20. The molecule has 3 rings (SSSR count). The van der Waals surface area contributed by atoms with Crippen molar-refractivity contribution in [3.8, 4) is 0 Å². The lowest BCUT2D eigenvalue weighted by Gasteiger charge is -2.32. The average molecular weight is 301 g/mol. The lowest BCUT2D eigenvalue weighted by molar-refractivity contribution is -0.0251. The molecule has 0 N–H and O–H groups in total. The predicted octanol–water partition coefficient (Wildman–Crippen LogP) is 1.30. The van der Waals surface area contributed by atoms with Crippen molar-refractivity contribution in [3.05, 3.63) is 42.2 Å². The Hall–Kier alpha value is -2.28. The number of carbonyl (C=O) groups excluding carboxylic acids is 1. The third-order valence-electron chi connectivity index (χ3n) is 3.58. The molecular formula is C15H19N5O2. The van der Waals surface area contributed by atoms with E-state index in [2.05, 4.69) is 22.0 Å². The highest BCUT2D eigenvalue weighted by Gasteiger charge is 2.28. The molecule has 0 saturated carbocycles. The van der Waals surface area contributed by atoms with E-state index in [0.717, 1.165) is 18.7 Å². The van der Waals surface area contributed by atoms with Crippen LogP contribution in [0.5, 0.6) is 0 Å². The topological polar surface area (TPSA) is 73.1 Å². The standard InChI is InChI=1S/C15H19N5O2/c1-2-6-20-7-3-12(18-20)15(21)19-8-9-22-14(11-19)13-10-16-4-5-17-13/h3-5,7,10,14H,2,6,8-9,11H2,1H3/t14-/m1/s1. The Kier molecular flexibility index (Phi) is 4.43. The first-order valence-corrected chi connectivity index (χ1v) is 7.48. The van der Waals surface area contributed by atoms with Gasteiger partial charge in [0.2, 0.25) is 0 Å². The zero-order chi connectivity index (χ0) is 15.4. The summed E-state index contributed by atoms with van der Waals surface area (Å²) in [6.45, 7) is 4.42. The highest BCUT2D eigenvalue weighted by molar-refractivity contribution is 5.92. The first kappa shape index (κ1) is 14.6. The molecule has 116 valence electrons. The van der Waals surface area contributed by atoms with Crippen LogP contribution in [0.4, 0.5) is 0 Å². The van der Waals surface area contributed by atoms with E-state index in [1.54, 1.807) is 34.2 Å². The molecule has 2 aromatic heterocycles. The van der Waals surface area contributed by atoms with Crippen LogP contribution in [-0.2, 0) is 11.3 Å². The first-order chi connectivity index (χ1) is 10.8. The van der Waals surface area contributed by atoms with E-state index in [-0.39, 0.29) is 12.0 Å². The lowest BCUT2D eigenvalue weighted by Crippen LogP contribution is -2.42. The molecule has 2 aromatic rings. The van der Waals surface area contributed by atoms with E-state index in [4.69, 9.17) is 4.74 Å². The van der Waals surface area contributed by atoms with Gasteiger partial charge in [0.05, 0.1) is 25.0 Å². The molecule has 0 aliphatic carbocycles. The maximum atomic E-state index is 12.6. The minimum atomic E-state index is -0.232. The van der Waals surface area contributed by atoms with Crippen molar-refractivity contribution in [2.45, 2.75) is 26.0 Å². The molecule has 0 aromatic carbocycles. The van der Waals surface area contributed by atoms with Crippen LogP contribution in [0.2, 0.25) is 0 Å². The van der Waals surface area contributed by atoms with Gasteiger partial charge >= 0.3 is 0 Å². The fourth-order valence-electron chi connectivity index (χ4n) is 2.48. The van der Waals surface area contributed by atoms with Crippen molar-refractivity contribution in [2.75, 3.05) is 19.7 Å². The summed E-state index contributed by atoms with van der Waals surface area (Å²) in [5, 5.41) is 4.33. The molecule has 1 aliphatic rings. The van der Waals surface area contributed by atoms with Gasteiger partial charge in [-0.25, -0.2) is 0 Å². The molecule has 1 atom stereocenters. The summed E-state index contributed by atoms with van der Waals surface area (Å²) in [5.74, 6) is -0.0629. The van der Waals surface area contributed by atoms with Crippen molar-refractivity contribution in [2.24, 2.45) is 0 Å². The fourth-order valence-corrected chi connectivity index (χ4v) is 2.48. The maximum Gasteiger partial charge on any atom is 0.274 e. The molecule has 1 fully saturated rings. The molecule has 22 heavy (non-hydrogen) atoms. The van der Waals surface area contributed by atoms with Gasteiger partial charge in [0, 0.05) is 31.7 Å². The van der Waals surface area contributed by atoms with Gasteiger partial charge in [-0.3, -0.25) is 19.4 Å². The molecular weight excluding hydrogens is 282 g/mol. The Balaban J connectivity index is 1.69. The zero-order valence-corrected chi connectivity index (χ0v) is 12.6. The normalized spacial score (nSPS) is 18.4. The van der Waals surface area contributed by atoms with Gasteiger partial charge < -0.3 is 9.64 Å². The van der Waals surface area contributed by atoms with E-state index in [1.807, 2.05) is 6.20 Å². The summed E-state index contributed by atoms with van der Waals surface area (Å²) >= 11 is 0. The van der Waals surface area contributed by atoms with Crippen LogP contribution in [-0.4, -0.2) is 50.3 Å². The minimum absolute atomic E-state index is 0.0629. The highest BCUT2D eigenvalue weighted by atomic mass is 16.5. The Bertz CT molecular complexity index is 628. The quantitative estimate of drug-likeness (QED) is 0.851. The van der Waals surface area contributed by atoms with Gasteiger partial charge in [0.15, 0.2) is 0 Å². The van der Waals surface area contributed by atoms with E-state index in [0.29, 0.717) is 25.4 Å². The summed E-state index contributed by atoms with van der Waals surface area (Å²) in [4.78, 5) is 22.6. The number of morpholine rings is 1. The Morgan fingerprint density at radius 3 is 3.14 bits per heavy atom. The van der Waals surface area contributed by atoms with Crippen molar-refractivity contribution >= 4 is 5.91 Å². The zero-order valence-electron chi connectivity index (χ0n) is 12.6. The monoisotopic (exact) mass is 301 g/mol. The molecule has 0 radical (unpaired) electrons. The largest absolute Gasteiger partial charge is 0.368 e. The van der Waals surface area contributed by atoms with E-state index in [9.17, 15) is 4.79 Å². The van der Waals surface area contributed by atoms with Gasteiger partial charge in [-0.05, 0) is 12.5 Å². The summed E-state index contributed by atoms with van der Waals surface area (Å²) in [7, 11) is 0. The Morgan fingerprint density at radius 1 is 1.45 bits per heavy atom. The summed E-state index contributed by atoms with van der Waals surface area (Å²) in [6, 6.07) is 1.77. The fraction of sp³-hybridized carbons (Fsp3) is 0.467. The average Bonchev–Trinajstić information content (AvgIpc) is 3.04. The highest BCUT2D eigenvalue weighted by Crippen LogP contribution is 2.20. The summed E-state index contributed by atoms with van der Waals surface area (Å²) in [6.07, 6.45) is 7.53. The lowest BCUT2D eigenvalue weighted by atomic mass is 10.2. The van der Waals surface area contributed by atoms with Crippen molar-refractivity contribution in [1.29, 1.82) is 0 Å². The van der Waals surface area contributed by atoms with Gasteiger partial charge in [0.1, 0.15) is 11.8 Å². The predicted molar refractivity (Wildman–Crippen MR) is 79.1 cm³/mol. The van der Waals surface area contributed by atoms with Crippen LogP contribution in [0.1, 0.15) is 35.6 Å². The van der Waals surface area contributed by atoms with Gasteiger partial charge in [-0.2, -0.15) is 5.10 Å². The Morgan fingerprint density at radius 2 is 2.36 bits per heavy atom. The molecule has 1 saturated heterocycles.